The Bertz CT molecular complexity index is 763. The van der Waals surface area contributed by atoms with Gasteiger partial charge in [0.05, 0.1) is 24.2 Å². The van der Waals surface area contributed by atoms with Gasteiger partial charge in [0.1, 0.15) is 0 Å². The monoisotopic (exact) mass is 424 g/mol. The lowest BCUT2D eigenvalue weighted by Crippen LogP contribution is -2.47. The lowest BCUT2D eigenvalue weighted by Gasteiger charge is -2.39. The molecule has 1 aromatic carbocycles. The number of carbonyl (C=O) groups is 1. The predicted molar refractivity (Wildman–Crippen MR) is 104 cm³/mol. The number of nitrogens with zero attached hydrogens (tertiary/aromatic N) is 1. The van der Waals surface area contributed by atoms with E-state index in [0.29, 0.717) is 29.6 Å². The number of rotatable bonds is 4. The Morgan fingerprint density at radius 2 is 2.16 bits per heavy atom. The molecule has 1 heterocycles. The number of thiocarbonyl (C=S) groups is 1. The van der Waals surface area contributed by atoms with E-state index in [1.54, 1.807) is 7.11 Å². The number of Topliss-reactive ketones (excluding diaryl/α,β-unsaturated/α-hetero) is 1. The molecule has 0 aromatic heterocycles. The molecule has 134 valence electrons. The van der Waals surface area contributed by atoms with E-state index in [4.69, 9.17) is 21.7 Å². The first-order valence-electron chi connectivity index (χ1n) is 8.28. The van der Waals surface area contributed by atoms with Crippen molar-refractivity contribution in [3.8, 4) is 11.5 Å². The average Bonchev–Trinajstić information content (AvgIpc) is 2.58. The largest absolute Gasteiger partial charge is 0.492 e. The number of allylic oxidation sites excluding steroid dienone is 1. The van der Waals surface area contributed by atoms with Crippen molar-refractivity contribution in [3.05, 3.63) is 33.4 Å². The van der Waals surface area contributed by atoms with Crippen LogP contribution < -0.4 is 14.8 Å². The number of carbonyl (C=O) groups excluding carboxylic acids is 1. The Hall–Kier alpha value is -1.60. The van der Waals surface area contributed by atoms with Crippen molar-refractivity contribution in [2.45, 2.75) is 32.2 Å². The zero-order valence-corrected chi connectivity index (χ0v) is 16.9. The average molecular weight is 425 g/mol. The van der Waals surface area contributed by atoms with Crippen LogP contribution in [0.5, 0.6) is 11.5 Å². The second kappa shape index (κ2) is 7.33. The lowest BCUT2D eigenvalue weighted by atomic mass is 9.85. The van der Waals surface area contributed by atoms with Crippen LogP contribution in [0.15, 0.2) is 27.9 Å². The Labute approximate surface area is 161 Å². The van der Waals surface area contributed by atoms with E-state index in [-0.39, 0.29) is 11.8 Å². The van der Waals surface area contributed by atoms with Crippen LogP contribution in [0.4, 0.5) is 0 Å². The molecular formula is C18H21BrN2O3S. The molecule has 2 aliphatic rings. The van der Waals surface area contributed by atoms with Gasteiger partial charge in [-0.15, -0.1) is 0 Å². The maximum absolute atomic E-state index is 12.6. The fraction of sp³-hybridized carbons (Fsp3) is 0.444. The van der Waals surface area contributed by atoms with Crippen LogP contribution in [0.3, 0.4) is 0 Å². The molecule has 1 aliphatic heterocycles. The van der Waals surface area contributed by atoms with Gasteiger partial charge in [-0.1, -0.05) is 0 Å². The van der Waals surface area contributed by atoms with Crippen molar-refractivity contribution in [1.82, 2.24) is 10.2 Å². The minimum absolute atomic E-state index is 0.179. The van der Waals surface area contributed by atoms with Gasteiger partial charge < -0.3 is 19.7 Å². The Morgan fingerprint density at radius 3 is 2.84 bits per heavy atom. The van der Waals surface area contributed by atoms with Crippen LogP contribution in [0, 0.1) is 0 Å². The summed E-state index contributed by atoms with van der Waals surface area (Å²) in [4.78, 5) is 14.6. The molecule has 1 aliphatic carbocycles. The molecule has 0 fully saturated rings. The first-order valence-corrected chi connectivity index (χ1v) is 9.48. The third-order valence-electron chi connectivity index (χ3n) is 4.56. The van der Waals surface area contributed by atoms with E-state index in [9.17, 15) is 4.79 Å². The Morgan fingerprint density at radius 1 is 1.40 bits per heavy atom. The topological polar surface area (TPSA) is 50.8 Å². The Kier molecular flexibility index (Phi) is 5.34. The van der Waals surface area contributed by atoms with Gasteiger partial charge in [0.2, 0.25) is 0 Å². The molecule has 0 spiro atoms. The van der Waals surface area contributed by atoms with Crippen LogP contribution in [0.1, 0.15) is 37.8 Å². The number of hydrogen-bond acceptors (Lipinski definition) is 4. The van der Waals surface area contributed by atoms with Crippen molar-refractivity contribution < 1.29 is 14.3 Å². The summed E-state index contributed by atoms with van der Waals surface area (Å²) < 4.78 is 11.9. The molecule has 3 rings (SSSR count). The molecule has 0 saturated carbocycles. The van der Waals surface area contributed by atoms with Gasteiger partial charge in [0.15, 0.2) is 22.4 Å². The SMILES string of the molecule is CCOc1cc(C2NC(=S)N(C)C3=C2C(=O)CCC3)cc(Br)c1OC. The van der Waals surface area contributed by atoms with E-state index >= 15 is 0 Å². The molecular weight excluding hydrogens is 404 g/mol. The van der Waals surface area contributed by atoms with Gasteiger partial charge in [-0.2, -0.15) is 0 Å². The van der Waals surface area contributed by atoms with Gasteiger partial charge in [0.25, 0.3) is 0 Å². The quantitative estimate of drug-likeness (QED) is 0.743. The van der Waals surface area contributed by atoms with E-state index < -0.39 is 0 Å². The second-order valence-electron chi connectivity index (χ2n) is 6.05. The highest BCUT2D eigenvalue weighted by Gasteiger charge is 2.36. The van der Waals surface area contributed by atoms with E-state index in [1.165, 1.54) is 0 Å². The van der Waals surface area contributed by atoms with Gasteiger partial charge in [0, 0.05) is 24.7 Å². The normalized spacial score (nSPS) is 20.3. The number of ether oxygens (including phenoxy) is 2. The highest BCUT2D eigenvalue weighted by Crippen LogP contribution is 2.42. The zero-order valence-electron chi connectivity index (χ0n) is 14.5. The van der Waals surface area contributed by atoms with E-state index in [1.807, 2.05) is 31.0 Å². The summed E-state index contributed by atoms with van der Waals surface area (Å²) in [7, 11) is 3.52. The van der Waals surface area contributed by atoms with Crippen LogP contribution in [-0.2, 0) is 4.79 Å². The number of hydrogen-bond donors (Lipinski definition) is 1. The van der Waals surface area contributed by atoms with Crippen molar-refractivity contribution >= 4 is 39.0 Å². The van der Waals surface area contributed by atoms with Gasteiger partial charge in [-0.25, -0.2) is 0 Å². The second-order valence-corrected chi connectivity index (χ2v) is 7.29. The van der Waals surface area contributed by atoms with Crippen molar-refractivity contribution in [2.75, 3.05) is 20.8 Å². The molecule has 1 N–H and O–H groups in total. The van der Waals surface area contributed by atoms with Gasteiger partial charge >= 0.3 is 0 Å². The van der Waals surface area contributed by atoms with Gasteiger partial charge in [-0.3, -0.25) is 4.79 Å². The number of ketones is 1. The molecule has 1 atom stereocenters. The molecule has 0 saturated heterocycles. The summed E-state index contributed by atoms with van der Waals surface area (Å²) in [5, 5.41) is 3.94. The van der Waals surface area contributed by atoms with Crippen LogP contribution >= 0.6 is 28.1 Å². The minimum Gasteiger partial charge on any atom is -0.492 e. The maximum Gasteiger partial charge on any atom is 0.174 e. The summed E-state index contributed by atoms with van der Waals surface area (Å²) in [5.41, 5.74) is 2.76. The van der Waals surface area contributed by atoms with Crippen LogP contribution in [0.2, 0.25) is 0 Å². The molecule has 7 heteroatoms. The number of methoxy groups -OCH3 is 1. The summed E-state index contributed by atoms with van der Waals surface area (Å²) in [6, 6.07) is 3.61. The van der Waals surface area contributed by atoms with Gasteiger partial charge in [-0.05, 0) is 65.6 Å². The smallest absolute Gasteiger partial charge is 0.174 e. The van der Waals surface area contributed by atoms with E-state index in [2.05, 4.69) is 21.2 Å². The standard InChI is InChI=1S/C18H21BrN2O3S/c1-4-24-14-9-10(8-11(19)17(14)23-3)16-15-12(6-5-7-13(15)22)21(2)18(25)20-16/h8-9,16H,4-7H2,1-3H3,(H,20,25). The van der Waals surface area contributed by atoms with Crippen molar-refractivity contribution in [2.24, 2.45) is 0 Å². The van der Waals surface area contributed by atoms with Crippen molar-refractivity contribution in [3.63, 3.8) is 0 Å². The molecule has 0 bridgehead atoms. The number of nitrogens with one attached hydrogen (secondary N) is 1. The van der Waals surface area contributed by atoms with Crippen LogP contribution in [-0.4, -0.2) is 36.6 Å². The molecule has 25 heavy (non-hydrogen) atoms. The number of benzene rings is 1. The summed E-state index contributed by atoms with van der Waals surface area (Å²) >= 11 is 9.03. The lowest BCUT2D eigenvalue weighted by molar-refractivity contribution is -0.116. The summed E-state index contributed by atoms with van der Waals surface area (Å²) in [6.45, 7) is 2.45. The first kappa shape index (κ1) is 18.2. The Balaban J connectivity index is 2.13. The summed E-state index contributed by atoms with van der Waals surface area (Å²) in [5.74, 6) is 1.47. The van der Waals surface area contributed by atoms with E-state index in [0.717, 1.165) is 34.1 Å². The highest BCUT2D eigenvalue weighted by atomic mass is 79.9. The third-order valence-corrected chi connectivity index (χ3v) is 5.54. The molecule has 5 nitrogen and oxygen atoms in total. The third kappa shape index (κ3) is 3.27. The predicted octanol–water partition coefficient (Wildman–Crippen LogP) is 3.72. The van der Waals surface area contributed by atoms with Crippen molar-refractivity contribution in [1.29, 1.82) is 0 Å². The number of halogens is 1. The molecule has 1 aromatic rings. The molecule has 1 unspecified atom stereocenters. The molecule has 0 amide bonds. The zero-order chi connectivity index (χ0) is 18.1. The maximum atomic E-state index is 12.6. The van der Waals surface area contributed by atoms with Crippen LogP contribution in [0.25, 0.3) is 0 Å². The minimum atomic E-state index is -0.270. The fourth-order valence-corrected chi connectivity index (χ4v) is 4.25. The highest BCUT2D eigenvalue weighted by molar-refractivity contribution is 9.10. The molecule has 0 radical (unpaired) electrons. The summed E-state index contributed by atoms with van der Waals surface area (Å²) in [6.07, 6.45) is 2.31. The first-order chi connectivity index (χ1) is 12.0. The fourth-order valence-electron chi connectivity index (χ4n) is 3.40.